The number of hydrogen-bond donors (Lipinski definition) is 0. The number of carbonyl (C=O) groups is 2. The minimum Gasteiger partial charge on any atom is -0.486 e. The Bertz CT molecular complexity index is 862. The third-order valence-corrected chi connectivity index (χ3v) is 6.10. The molecule has 2 aliphatic heterocycles. The summed E-state index contributed by atoms with van der Waals surface area (Å²) in [5, 5.41) is 9.64. The van der Waals surface area contributed by atoms with Crippen LogP contribution in [0.25, 0.3) is 0 Å². The van der Waals surface area contributed by atoms with Crippen molar-refractivity contribution in [3.63, 3.8) is 0 Å². The molecule has 27 heavy (non-hydrogen) atoms. The molecule has 0 radical (unpaired) electrons. The second-order valence-corrected chi connectivity index (χ2v) is 8.03. The summed E-state index contributed by atoms with van der Waals surface area (Å²) < 4.78 is 5.96. The van der Waals surface area contributed by atoms with Crippen molar-refractivity contribution in [2.75, 3.05) is 24.5 Å². The fraction of sp³-hybridized carbons (Fsp3) is 0.474. The molecule has 2 aromatic rings. The predicted octanol–water partition coefficient (Wildman–Crippen LogP) is 2.05. The summed E-state index contributed by atoms with van der Waals surface area (Å²) >= 11 is 1.42. The van der Waals surface area contributed by atoms with Gasteiger partial charge in [-0.15, -0.1) is 10.2 Å². The number of ether oxygens (including phenoxy) is 1. The number of para-hydroxylation sites is 1. The Kier molecular flexibility index (Phi) is 4.82. The van der Waals surface area contributed by atoms with E-state index in [0.717, 1.165) is 22.7 Å². The average molecular weight is 386 g/mol. The summed E-state index contributed by atoms with van der Waals surface area (Å²) in [6.07, 6.45) is 1.04. The molecule has 0 spiro atoms. The number of aryl methyl sites for hydroxylation is 2. The largest absolute Gasteiger partial charge is 0.486 e. The van der Waals surface area contributed by atoms with Crippen molar-refractivity contribution in [1.29, 1.82) is 0 Å². The van der Waals surface area contributed by atoms with E-state index in [9.17, 15) is 9.59 Å². The van der Waals surface area contributed by atoms with Crippen molar-refractivity contribution in [3.8, 4) is 5.75 Å². The van der Waals surface area contributed by atoms with Gasteiger partial charge in [-0.05, 0) is 25.0 Å². The second-order valence-electron chi connectivity index (χ2n) is 6.99. The molecule has 8 heteroatoms. The van der Waals surface area contributed by atoms with Crippen LogP contribution in [0.5, 0.6) is 5.75 Å². The van der Waals surface area contributed by atoms with E-state index in [2.05, 4.69) is 10.2 Å². The fourth-order valence-corrected chi connectivity index (χ4v) is 4.18. The smallest absolute Gasteiger partial charge is 0.229 e. The topological polar surface area (TPSA) is 75.6 Å². The van der Waals surface area contributed by atoms with Crippen LogP contribution in [0.3, 0.4) is 0 Å². The van der Waals surface area contributed by atoms with Gasteiger partial charge in [-0.25, -0.2) is 0 Å². The number of anilines is 1. The molecular formula is C19H22N4O3S. The van der Waals surface area contributed by atoms with Gasteiger partial charge in [0.2, 0.25) is 16.9 Å². The molecule has 0 aliphatic carbocycles. The van der Waals surface area contributed by atoms with Crippen LogP contribution in [0.1, 0.15) is 23.9 Å². The molecule has 2 aliphatic rings. The summed E-state index contributed by atoms with van der Waals surface area (Å²) in [5.74, 6) is 0.516. The molecule has 1 aromatic heterocycles. The molecule has 2 fully saturated rings. The standard InChI is InChI=1S/C19H22N4O3S/c1-3-16-20-21-19(27-16)23-9-13(8-17(23)24)18(25)22-10-14(11-22)26-15-7-5-4-6-12(15)2/h4-7,13-14H,3,8-11H2,1-2H3. The first-order valence-electron chi connectivity index (χ1n) is 9.19. The third-order valence-electron chi connectivity index (χ3n) is 5.01. The monoisotopic (exact) mass is 386 g/mol. The van der Waals surface area contributed by atoms with Crippen molar-refractivity contribution >= 4 is 28.3 Å². The molecule has 3 heterocycles. The maximum absolute atomic E-state index is 12.7. The molecule has 0 saturated carbocycles. The fourth-order valence-electron chi connectivity index (χ4n) is 3.37. The summed E-state index contributed by atoms with van der Waals surface area (Å²) in [6, 6.07) is 7.87. The molecule has 1 atom stereocenters. The Morgan fingerprint density at radius 3 is 2.74 bits per heavy atom. The van der Waals surface area contributed by atoms with Crippen LogP contribution in [-0.2, 0) is 16.0 Å². The zero-order valence-corrected chi connectivity index (χ0v) is 16.2. The van der Waals surface area contributed by atoms with Crippen LogP contribution < -0.4 is 9.64 Å². The minimum absolute atomic E-state index is 0.0125. The van der Waals surface area contributed by atoms with E-state index in [0.29, 0.717) is 24.8 Å². The summed E-state index contributed by atoms with van der Waals surface area (Å²) in [6.45, 7) is 5.53. The highest BCUT2D eigenvalue weighted by Crippen LogP contribution is 2.30. The maximum Gasteiger partial charge on any atom is 0.229 e. The number of rotatable bonds is 5. The van der Waals surface area contributed by atoms with Gasteiger partial charge in [0.05, 0.1) is 19.0 Å². The Balaban J connectivity index is 1.32. The molecule has 1 aromatic carbocycles. The molecule has 1 unspecified atom stereocenters. The van der Waals surface area contributed by atoms with Gasteiger partial charge in [0, 0.05) is 13.0 Å². The first-order valence-corrected chi connectivity index (χ1v) is 10.0. The normalized spacial score (nSPS) is 20.1. The van der Waals surface area contributed by atoms with Gasteiger partial charge in [-0.1, -0.05) is 36.5 Å². The van der Waals surface area contributed by atoms with Gasteiger partial charge in [0.15, 0.2) is 0 Å². The van der Waals surface area contributed by atoms with Crippen LogP contribution in [0.4, 0.5) is 5.13 Å². The van der Waals surface area contributed by atoms with Crippen molar-refractivity contribution in [2.45, 2.75) is 32.8 Å². The van der Waals surface area contributed by atoms with Crippen molar-refractivity contribution < 1.29 is 14.3 Å². The molecule has 0 N–H and O–H groups in total. The van der Waals surface area contributed by atoms with Crippen LogP contribution in [-0.4, -0.2) is 52.6 Å². The second kappa shape index (κ2) is 7.26. The number of aromatic nitrogens is 2. The lowest BCUT2D eigenvalue weighted by Gasteiger charge is -2.40. The van der Waals surface area contributed by atoms with Crippen molar-refractivity contribution in [1.82, 2.24) is 15.1 Å². The van der Waals surface area contributed by atoms with Crippen molar-refractivity contribution in [2.24, 2.45) is 5.92 Å². The Morgan fingerprint density at radius 1 is 1.26 bits per heavy atom. The Morgan fingerprint density at radius 2 is 2.04 bits per heavy atom. The number of likely N-dealkylation sites (tertiary alicyclic amines) is 1. The van der Waals surface area contributed by atoms with Gasteiger partial charge in [0.25, 0.3) is 0 Å². The lowest BCUT2D eigenvalue weighted by molar-refractivity contribution is -0.144. The van der Waals surface area contributed by atoms with E-state index in [1.165, 1.54) is 11.3 Å². The number of amides is 2. The highest BCUT2D eigenvalue weighted by atomic mass is 32.1. The Labute approximate surface area is 161 Å². The number of benzene rings is 1. The van der Waals surface area contributed by atoms with Gasteiger partial charge in [-0.3, -0.25) is 14.5 Å². The first kappa shape index (κ1) is 17.9. The zero-order chi connectivity index (χ0) is 19.0. The lowest BCUT2D eigenvalue weighted by Crippen LogP contribution is -2.57. The van der Waals surface area contributed by atoms with E-state index < -0.39 is 0 Å². The lowest BCUT2D eigenvalue weighted by atomic mass is 10.0. The van der Waals surface area contributed by atoms with E-state index in [1.54, 1.807) is 9.80 Å². The van der Waals surface area contributed by atoms with Crippen molar-refractivity contribution in [3.05, 3.63) is 34.8 Å². The number of hydrogen-bond acceptors (Lipinski definition) is 6. The minimum atomic E-state index is -0.314. The van der Waals surface area contributed by atoms with Gasteiger partial charge < -0.3 is 9.64 Å². The average Bonchev–Trinajstić information content (AvgIpc) is 3.25. The summed E-state index contributed by atoms with van der Waals surface area (Å²) in [5.41, 5.74) is 1.09. The SMILES string of the molecule is CCc1nnc(N2CC(C(=O)N3CC(Oc4ccccc4C)C3)CC2=O)s1. The molecule has 7 nitrogen and oxygen atoms in total. The van der Waals surface area contributed by atoms with Crippen LogP contribution in [0, 0.1) is 12.8 Å². The highest BCUT2D eigenvalue weighted by Gasteiger charge is 2.42. The van der Waals surface area contributed by atoms with Crippen LogP contribution in [0.2, 0.25) is 0 Å². The van der Waals surface area contributed by atoms with Crippen LogP contribution >= 0.6 is 11.3 Å². The van der Waals surface area contributed by atoms with Gasteiger partial charge >= 0.3 is 0 Å². The van der Waals surface area contributed by atoms with E-state index >= 15 is 0 Å². The first-order chi connectivity index (χ1) is 13.0. The maximum atomic E-state index is 12.7. The predicted molar refractivity (Wildman–Crippen MR) is 102 cm³/mol. The third kappa shape index (κ3) is 3.53. The summed E-state index contributed by atoms with van der Waals surface area (Å²) in [4.78, 5) is 28.4. The molecule has 2 saturated heterocycles. The Hall–Kier alpha value is -2.48. The van der Waals surface area contributed by atoms with E-state index in [4.69, 9.17) is 4.74 Å². The molecule has 0 bridgehead atoms. The zero-order valence-electron chi connectivity index (χ0n) is 15.4. The molecule has 4 rings (SSSR count). The van der Waals surface area contributed by atoms with Crippen LogP contribution in [0.15, 0.2) is 24.3 Å². The quantitative estimate of drug-likeness (QED) is 0.786. The molecule has 2 amide bonds. The van der Waals surface area contributed by atoms with Gasteiger partial charge in [-0.2, -0.15) is 0 Å². The molecule has 142 valence electrons. The summed E-state index contributed by atoms with van der Waals surface area (Å²) in [7, 11) is 0. The molecular weight excluding hydrogens is 364 g/mol. The number of carbonyl (C=O) groups excluding carboxylic acids is 2. The number of nitrogens with zero attached hydrogens (tertiary/aromatic N) is 4. The van der Waals surface area contributed by atoms with E-state index in [1.807, 2.05) is 38.1 Å². The van der Waals surface area contributed by atoms with E-state index in [-0.39, 0.29) is 30.3 Å². The highest BCUT2D eigenvalue weighted by molar-refractivity contribution is 7.15. The van der Waals surface area contributed by atoms with Gasteiger partial charge in [0.1, 0.15) is 16.9 Å².